The Morgan fingerprint density at radius 1 is 1.06 bits per heavy atom. The largest absolute Gasteiger partial charge is 0.309 e. The van der Waals surface area contributed by atoms with Crippen molar-refractivity contribution in [1.29, 1.82) is 0 Å². The lowest BCUT2D eigenvalue weighted by Crippen LogP contribution is -2.20. The Balaban J connectivity index is 2.49. The molecule has 0 saturated heterocycles. The van der Waals surface area contributed by atoms with E-state index in [2.05, 4.69) is 10.3 Å². The highest BCUT2D eigenvalue weighted by atomic mass is 19.1. The number of aromatic nitrogens is 1. The molecule has 0 spiro atoms. The molecule has 0 fully saturated rings. The summed E-state index contributed by atoms with van der Waals surface area (Å²) in [4.78, 5) is 3.64. The van der Waals surface area contributed by atoms with Gasteiger partial charge in [-0.25, -0.2) is 13.2 Å². The van der Waals surface area contributed by atoms with Gasteiger partial charge in [0.15, 0.2) is 0 Å². The van der Waals surface area contributed by atoms with E-state index in [9.17, 15) is 13.2 Å². The van der Waals surface area contributed by atoms with Gasteiger partial charge in [0, 0.05) is 23.4 Å². The molecule has 0 radical (unpaired) electrons. The van der Waals surface area contributed by atoms with Crippen molar-refractivity contribution >= 4 is 0 Å². The summed E-state index contributed by atoms with van der Waals surface area (Å²) in [7, 11) is 1.58. The predicted molar refractivity (Wildman–Crippen MR) is 61.5 cm³/mol. The number of benzene rings is 1. The van der Waals surface area contributed by atoms with Crippen LogP contribution in [0.2, 0.25) is 0 Å². The highest BCUT2D eigenvalue weighted by molar-refractivity contribution is 5.32. The molecule has 2 nitrogen and oxygen atoms in total. The van der Waals surface area contributed by atoms with E-state index in [0.717, 1.165) is 18.3 Å². The minimum Gasteiger partial charge on any atom is -0.309 e. The number of pyridine rings is 1. The molecular formula is C13H11F3N2. The van der Waals surface area contributed by atoms with Gasteiger partial charge in [-0.3, -0.25) is 4.98 Å². The fraction of sp³-hybridized carbons (Fsp3) is 0.154. The first-order chi connectivity index (χ1) is 8.63. The average molecular weight is 252 g/mol. The molecule has 5 heteroatoms. The van der Waals surface area contributed by atoms with Crippen molar-refractivity contribution in [3.05, 3.63) is 65.2 Å². The zero-order valence-corrected chi connectivity index (χ0v) is 9.62. The lowest BCUT2D eigenvalue weighted by molar-refractivity contribution is 0.533. The van der Waals surface area contributed by atoms with Crippen LogP contribution in [0.15, 0.2) is 36.7 Å². The van der Waals surface area contributed by atoms with Gasteiger partial charge in [0.05, 0.1) is 12.2 Å². The minimum atomic E-state index is -0.717. The molecule has 0 aliphatic rings. The summed E-state index contributed by atoms with van der Waals surface area (Å²) in [6.45, 7) is 0. The van der Waals surface area contributed by atoms with E-state index >= 15 is 0 Å². The van der Waals surface area contributed by atoms with E-state index in [-0.39, 0.29) is 11.1 Å². The first-order valence-corrected chi connectivity index (χ1v) is 5.35. The summed E-state index contributed by atoms with van der Waals surface area (Å²) in [6.07, 6.45) is 2.48. The SMILES string of the molecule is CNC(c1ccncc1F)c1ccc(F)cc1F. The predicted octanol–water partition coefficient (Wildman–Crippen LogP) is 2.81. The van der Waals surface area contributed by atoms with Crippen molar-refractivity contribution in [3.63, 3.8) is 0 Å². The molecule has 1 atom stereocenters. The molecule has 0 aliphatic carbocycles. The molecule has 2 rings (SSSR count). The van der Waals surface area contributed by atoms with Crippen LogP contribution in [-0.4, -0.2) is 12.0 Å². The highest BCUT2D eigenvalue weighted by Crippen LogP contribution is 2.26. The van der Waals surface area contributed by atoms with E-state index in [1.807, 2.05) is 0 Å². The van der Waals surface area contributed by atoms with Gasteiger partial charge in [-0.05, 0) is 19.2 Å². The lowest BCUT2D eigenvalue weighted by atomic mass is 9.99. The maximum atomic E-state index is 13.7. The second-order valence-electron chi connectivity index (χ2n) is 3.78. The van der Waals surface area contributed by atoms with E-state index in [1.54, 1.807) is 7.05 Å². The smallest absolute Gasteiger partial charge is 0.146 e. The molecule has 0 saturated carbocycles. The van der Waals surface area contributed by atoms with Crippen molar-refractivity contribution in [2.45, 2.75) is 6.04 Å². The Hall–Kier alpha value is -1.88. The number of hydrogen-bond acceptors (Lipinski definition) is 2. The molecule has 1 aromatic heterocycles. The fourth-order valence-corrected chi connectivity index (χ4v) is 1.83. The Morgan fingerprint density at radius 3 is 2.39 bits per heavy atom. The number of nitrogens with zero attached hydrogens (tertiary/aromatic N) is 1. The van der Waals surface area contributed by atoms with Gasteiger partial charge in [0.25, 0.3) is 0 Å². The van der Waals surface area contributed by atoms with E-state index in [1.165, 1.54) is 18.3 Å². The summed E-state index contributed by atoms with van der Waals surface area (Å²) in [5, 5.41) is 2.81. The Kier molecular flexibility index (Phi) is 3.62. The quantitative estimate of drug-likeness (QED) is 0.908. The number of rotatable bonds is 3. The van der Waals surface area contributed by atoms with Crippen LogP contribution in [0.25, 0.3) is 0 Å². The maximum Gasteiger partial charge on any atom is 0.146 e. The lowest BCUT2D eigenvalue weighted by Gasteiger charge is -2.18. The second kappa shape index (κ2) is 5.18. The van der Waals surface area contributed by atoms with E-state index < -0.39 is 23.5 Å². The molecule has 18 heavy (non-hydrogen) atoms. The van der Waals surface area contributed by atoms with Crippen LogP contribution in [0, 0.1) is 17.5 Å². The number of halogens is 3. The summed E-state index contributed by atoms with van der Waals surface area (Å²) in [5.74, 6) is -1.92. The van der Waals surface area contributed by atoms with Crippen molar-refractivity contribution in [3.8, 4) is 0 Å². The summed E-state index contributed by atoms with van der Waals surface area (Å²) < 4.78 is 40.2. The maximum absolute atomic E-state index is 13.7. The molecule has 1 heterocycles. The van der Waals surface area contributed by atoms with Crippen molar-refractivity contribution in [1.82, 2.24) is 10.3 Å². The minimum absolute atomic E-state index is 0.184. The monoisotopic (exact) mass is 252 g/mol. The van der Waals surface area contributed by atoms with Crippen molar-refractivity contribution in [2.24, 2.45) is 0 Å². The Bertz CT molecular complexity index is 558. The van der Waals surface area contributed by atoms with Crippen LogP contribution in [0.3, 0.4) is 0 Å². The first-order valence-electron chi connectivity index (χ1n) is 5.35. The zero-order chi connectivity index (χ0) is 13.1. The molecule has 1 N–H and O–H groups in total. The summed E-state index contributed by atoms with van der Waals surface area (Å²) in [6, 6.07) is 3.99. The standard InChI is InChI=1S/C13H11F3N2/c1-17-13(10-4-5-18-7-12(10)16)9-3-2-8(14)6-11(9)15/h2-7,13,17H,1H3. The van der Waals surface area contributed by atoms with Crippen molar-refractivity contribution in [2.75, 3.05) is 7.05 Å². The van der Waals surface area contributed by atoms with Gasteiger partial charge in [-0.2, -0.15) is 0 Å². The van der Waals surface area contributed by atoms with Crippen LogP contribution >= 0.6 is 0 Å². The fourth-order valence-electron chi connectivity index (χ4n) is 1.83. The third-order valence-corrected chi connectivity index (χ3v) is 2.68. The molecule has 94 valence electrons. The second-order valence-corrected chi connectivity index (χ2v) is 3.78. The third kappa shape index (κ3) is 2.36. The topological polar surface area (TPSA) is 24.9 Å². The first kappa shape index (κ1) is 12.6. The Morgan fingerprint density at radius 2 is 1.78 bits per heavy atom. The van der Waals surface area contributed by atoms with Crippen LogP contribution in [0.4, 0.5) is 13.2 Å². The van der Waals surface area contributed by atoms with Crippen molar-refractivity contribution < 1.29 is 13.2 Å². The molecule has 0 amide bonds. The molecule has 1 unspecified atom stereocenters. The van der Waals surface area contributed by atoms with Gasteiger partial charge in [0.2, 0.25) is 0 Å². The van der Waals surface area contributed by atoms with E-state index in [0.29, 0.717) is 0 Å². The zero-order valence-electron chi connectivity index (χ0n) is 9.62. The molecule has 0 aliphatic heterocycles. The van der Waals surface area contributed by atoms with Gasteiger partial charge < -0.3 is 5.32 Å². The summed E-state index contributed by atoms with van der Waals surface area (Å²) in [5.41, 5.74) is 0.446. The van der Waals surface area contributed by atoms with Gasteiger partial charge in [-0.15, -0.1) is 0 Å². The highest BCUT2D eigenvalue weighted by Gasteiger charge is 2.19. The van der Waals surface area contributed by atoms with Gasteiger partial charge in [0.1, 0.15) is 17.5 Å². The molecule has 1 aromatic carbocycles. The molecule has 0 bridgehead atoms. The third-order valence-electron chi connectivity index (χ3n) is 2.68. The summed E-state index contributed by atoms with van der Waals surface area (Å²) >= 11 is 0. The molecule has 2 aromatic rings. The van der Waals surface area contributed by atoms with Crippen LogP contribution in [0.1, 0.15) is 17.2 Å². The van der Waals surface area contributed by atoms with Gasteiger partial charge in [-0.1, -0.05) is 6.07 Å². The molecular weight excluding hydrogens is 241 g/mol. The Labute approximate surface area is 102 Å². The van der Waals surface area contributed by atoms with Gasteiger partial charge >= 0.3 is 0 Å². The average Bonchev–Trinajstić information content (AvgIpc) is 2.34. The van der Waals surface area contributed by atoms with Crippen LogP contribution in [-0.2, 0) is 0 Å². The van der Waals surface area contributed by atoms with Crippen LogP contribution < -0.4 is 5.32 Å². The number of nitrogens with one attached hydrogen (secondary N) is 1. The normalized spacial score (nSPS) is 12.4. The van der Waals surface area contributed by atoms with E-state index in [4.69, 9.17) is 0 Å². The van der Waals surface area contributed by atoms with Crippen LogP contribution in [0.5, 0.6) is 0 Å². The number of hydrogen-bond donors (Lipinski definition) is 1.